The zero-order valence-electron chi connectivity index (χ0n) is 13.9. The molecule has 1 aromatic rings. The lowest BCUT2D eigenvalue weighted by molar-refractivity contribution is 0.0537. The summed E-state index contributed by atoms with van der Waals surface area (Å²) >= 11 is 0. The van der Waals surface area contributed by atoms with Crippen molar-refractivity contribution in [2.45, 2.75) is 59.0 Å². The molecule has 1 N–H and O–H groups in total. The second-order valence-corrected chi connectivity index (χ2v) is 7.60. The van der Waals surface area contributed by atoms with E-state index in [1.54, 1.807) is 7.11 Å². The van der Waals surface area contributed by atoms with Crippen molar-refractivity contribution in [3.63, 3.8) is 0 Å². The Morgan fingerprint density at radius 1 is 1.10 bits per heavy atom. The summed E-state index contributed by atoms with van der Waals surface area (Å²) < 4.78 is 5.17. The third-order valence-corrected chi connectivity index (χ3v) is 5.14. The average molecular weight is 290 g/mol. The van der Waals surface area contributed by atoms with Gasteiger partial charge in [-0.2, -0.15) is 0 Å². The molecule has 1 aliphatic rings. The molecule has 1 aliphatic carbocycles. The van der Waals surface area contributed by atoms with Gasteiger partial charge in [0.2, 0.25) is 0 Å². The van der Waals surface area contributed by atoms with Crippen molar-refractivity contribution in [2.75, 3.05) is 7.11 Å². The Balaban J connectivity index is 1.85. The fraction of sp³-hybridized carbons (Fsp3) is 0.684. The van der Waals surface area contributed by atoms with Crippen LogP contribution in [0.25, 0.3) is 0 Å². The van der Waals surface area contributed by atoms with Crippen LogP contribution in [-0.4, -0.2) is 18.3 Å². The van der Waals surface area contributed by atoms with Crippen LogP contribution < -0.4 is 4.74 Å². The maximum atomic E-state index is 10.5. The van der Waals surface area contributed by atoms with Gasteiger partial charge in [0, 0.05) is 0 Å². The lowest BCUT2D eigenvalue weighted by Gasteiger charge is -2.38. The molecule has 1 unspecified atom stereocenters. The second kappa shape index (κ2) is 6.83. The highest BCUT2D eigenvalue weighted by Gasteiger charge is 2.32. The van der Waals surface area contributed by atoms with Crippen LogP contribution in [0, 0.1) is 17.3 Å². The molecule has 0 aliphatic heterocycles. The fourth-order valence-corrected chi connectivity index (χ4v) is 3.54. The Morgan fingerprint density at radius 2 is 1.67 bits per heavy atom. The largest absolute Gasteiger partial charge is 0.497 e. The van der Waals surface area contributed by atoms with Crippen LogP contribution in [0.1, 0.15) is 52.0 Å². The van der Waals surface area contributed by atoms with E-state index in [4.69, 9.17) is 4.74 Å². The Kier molecular flexibility index (Phi) is 5.32. The van der Waals surface area contributed by atoms with Crippen LogP contribution in [0.3, 0.4) is 0 Å². The van der Waals surface area contributed by atoms with Gasteiger partial charge in [-0.05, 0) is 67.1 Å². The van der Waals surface area contributed by atoms with E-state index in [1.807, 2.05) is 12.1 Å². The quantitative estimate of drug-likeness (QED) is 0.887. The van der Waals surface area contributed by atoms with Crippen LogP contribution in [0.15, 0.2) is 24.3 Å². The van der Waals surface area contributed by atoms with E-state index in [0.29, 0.717) is 11.3 Å². The van der Waals surface area contributed by atoms with Crippen molar-refractivity contribution in [2.24, 2.45) is 17.3 Å². The van der Waals surface area contributed by atoms with Crippen molar-refractivity contribution in [1.29, 1.82) is 0 Å². The molecule has 0 heterocycles. The first kappa shape index (κ1) is 16.4. The number of hydrogen-bond donors (Lipinski definition) is 1. The summed E-state index contributed by atoms with van der Waals surface area (Å²) in [5.41, 5.74) is 1.60. The topological polar surface area (TPSA) is 29.5 Å². The predicted molar refractivity (Wildman–Crippen MR) is 87.6 cm³/mol. The summed E-state index contributed by atoms with van der Waals surface area (Å²) in [6, 6.07) is 8.06. The first-order chi connectivity index (χ1) is 9.90. The first-order valence-electron chi connectivity index (χ1n) is 8.21. The highest BCUT2D eigenvalue weighted by molar-refractivity contribution is 5.27. The molecule has 1 fully saturated rings. The zero-order chi connectivity index (χ0) is 15.5. The standard InChI is InChI=1S/C19H30O2/c1-19(2,3)16-9-7-15(8-10-16)18(20)13-14-5-11-17(21-4)12-6-14/h5-6,11-12,15-16,18,20H,7-10,13H2,1-4H3. The lowest BCUT2D eigenvalue weighted by Crippen LogP contribution is -2.31. The molecular formula is C19H30O2. The summed E-state index contributed by atoms with van der Waals surface area (Å²) in [4.78, 5) is 0. The van der Waals surface area contributed by atoms with E-state index in [9.17, 15) is 5.11 Å². The smallest absolute Gasteiger partial charge is 0.118 e. The molecule has 1 aromatic carbocycles. The number of hydrogen-bond acceptors (Lipinski definition) is 2. The molecule has 2 heteroatoms. The van der Waals surface area contributed by atoms with Gasteiger partial charge in [-0.25, -0.2) is 0 Å². The van der Waals surface area contributed by atoms with Gasteiger partial charge < -0.3 is 9.84 Å². The number of methoxy groups -OCH3 is 1. The number of benzene rings is 1. The lowest BCUT2D eigenvalue weighted by atomic mass is 9.68. The van der Waals surface area contributed by atoms with Crippen LogP contribution in [0.2, 0.25) is 0 Å². The number of ether oxygens (including phenoxy) is 1. The number of aliphatic hydroxyl groups is 1. The van der Waals surface area contributed by atoms with Crippen LogP contribution in [0.5, 0.6) is 5.75 Å². The minimum Gasteiger partial charge on any atom is -0.497 e. The molecule has 0 saturated heterocycles. The van der Waals surface area contributed by atoms with Crippen molar-refractivity contribution >= 4 is 0 Å². The molecule has 118 valence electrons. The zero-order valence-corrected chi connectivity index (χ0v) is 13.9. The van der Waals surface area contributed by atoms with Crippen LogP contribution in [0.4, 0.5) is 0 Å². The summed E-state index contributed by atoms with van der Waals surface area (Å²) in [7, 11) is 1.68. The molecule has 0 aromatic heterocycles. The molecule has 2 rings (SSSR count). The van der Waals surface area contributed by atoms with Crippen LogP contribution >= 0.6 is 0 Å². The van der Waals surface area contributed by atoms with E-state index in [2.05, 4.69) is 32.9 Å². The van der Waals surface area contributed by atoms with Gasteiger partial charge in [0.25, 0.3) is 0 Å². The maximum absolute atomic E-state index is 10.5. The SMILES string of the molecule is COc1ccc(CC(O)C2CCC(C(C)(C)C)CC2)cc1. The monoisotopic (exact) mass is 290 g/mol. The Morgan fingerprint density at radius 3 is 2.14 bits per heavy atom. The molecule has 21 heavy (non-hydrogen) atoms. The normalized spacial score (nSPS) is 24.6. The van der Waals surface area contributed by atoms with Crippen molar-refractivity contribution in [3.05, 3.63) is 29.8 Å². The van der Waals surface area contributed by atoms with Gasteiger partial charge in [0.05, 0.1) is 13.2 Å². The van der Waals surface area contributed by atoms with E-state index in [0.717, 1.165) is 18.1 Å². The van der Waals surface area contributed by atoms with E-state index >= 15 is 0 Å². The van der Waals surface area contributed by atoms with E-state index in [1.165, 1.54) is 31.2 Å². The summed E-state index contributed by atoms with van der Waals surface area (Å²) in [5.74, 6) is 2.14. The van der Waals surface area contributed by atoms with E-state index < -0.39 is 0 Å². The highest BCUT2D eigenvalue weighted by Crippen LogP contribution is 2.41. The Hall–Kier alpha value is -1.02. The molecule has 2 nitrogen and oxygen atoms in total. The third-order valence-electron chi connectivity index (χ3n) is 5.14. The van der Waals surface area contributed by atoms with Gasteiger partial charge in [-0.15, -0.1) is 0 Å². The molecule has 1 atom stereocenters. The van der Waals surface area contributed by atoms with Gasteiger partial charge >= 0.3 is 0 Å². The van der Waals surface area contributed by atoms with Crippen molar-refractivity contribution in [3.8, 4) is 5.75 Å². The molecule has 0 bridgehead atoms. The molecule has 0 radical (unpaired) electrons. The first-order valence-corrected chi connectivity index (χ1v) is 8.21. The Labute approximate surface area is 129 Å². The maximum Gasteiger partial charge on any atom is 0.118 e. The molecule has 0 spiro atoms. The molecular weight excluding hydrogens is 260 g/mol. The number of rotatable bonds is 4. The van der Waals surface area contributed by atoms with Gasteiger partial charge in [0.15, 0.2) is 0 Å². The minimum atomic E-state index is -0.209. The molecule has 0 amide bonds. The number of aliphatic hydroxyl groups excluding tert-OH is 1. The highest BCUT2D eigenvalue weighted by atomic mass is 16.5. The van der Waals surface area contributed by atoms with Crippen LogP contribution in [-0.2, 0) is 6.42 Å². The average Bonchev–Trinajstić information content (AvgIpc) is 2.47. The van der Waals surface area contributed by atoms with Gasteiger partial charge in [0.1, 0.15) is 5.75 Å². The Bertz CT molecular complexity index is 422. The summed E-state index contributed by atoms with van der Waals surface area (Å²) in [6.07, 6.45) is 5.40. The second-order valence-electron chi connectivity index (χ2n) is 7.60. The van der Waals surface area contributed by atoms with E-state index in [-0.39, 0.29) is 6.10 Å². The summed E-state index contributed by atoms with van der Waals surface area (Å²) in [5, 5.41) is 10.5. The third kappa shape index (κ3) is 4.47. The molecule has 1 saturated carbocycles. The summed E-state index contributed by atoms with van der Waals surface area (Å²) in [6.45, 7) is 7.02. The predicted octanol–water partition coefficient (Wildman–Crippen LogP) is 4.45. The fourth-order valence-electron chi connectivity index (χ4n) is 3.54. The van der Waals surface area contributed by atoms with Crippen molar-refractivity contribution < 1.29 is 9.84 Å². The van der Waals surface area contributed by atoms with Gasteiger partial charge in [-0.3, -0.25) is 0 Å². The van der Waals surface area contributed by atoms with Gasteiger partial charge in [-0.1, -0.05) is 32.9 Å². The van der Waals surface area contributed by atoms with Crippen molar-refractivity contribution in [1.82, 2.24) is 0 Å². The minimum absolute atomic E-state index is 0.209.